The maximum Gasteiger partial charge on any atom is 0.417 e. The van der Waals surface area contributed by atoms with E-state index in [1.54, 1.807) is 0 Å². The van der Waals surface area contributed by atoms with Crippen LogP contribution in [-0.4, -0.2) is 43.0 Å². The molecule has 1 aromatic heterocycles. The first-order valence-corrected chi connectivity index (χ1v) is 6.89. The molecule has 0 saturated carbocycles. The van der Waals surface area contributed by atoms with Crippen LogP contribution in [-0.2, 0) is 10.9 Å². The van der Waals surface area contributed by atoms with Crippen molar-refractivity contribution in [3.8, 4) is 0 Å². The molecular weight excluding hydrogens is 279 g/mol. The minimum absolute atomic E-state index is 0.277. The minimum atomic E-state index is -4.50. The van der Waals surface area contributed by atoms with E-state index >= 15 is 0 Å². The van der Waals surface area contributed by atoms with E-state index in [2.05, 4.69) is 0 Å². The van der Waals surface area contributed by atoms with Crippen molar-refractivity contribution in [1.82, 2.24) is 4.90 Å². The number of carbonyl (C=O) groups is 1. The molecule has 1 aliphatic rings. The summed E-state index contributed by atoms with van der Waals surface area (Å²) in [4.78, 5) is 14.1. The Bertz CT molecular complexity index is 458. The number of morpholine rings is 1. The Labute approximate surface area is 113 Å². The molecule has 1 aliphatic heterocycles. The standard InChI is InChI=1S/C12H14F3NO2S/c1-2-16-3-4-18-10(5-16)11(17)8-6-19-7-9(8)12(13,14)15/h6-7,10H,2-5H2,1H3. The van der Waals surface area contributed by atoms with Gasteiger partial charge in [-0.05, 0) is 6.54 Å². The monoisotopic (exact) mass is 293 g/mol. The summed E-state index contributed by atoms with van der Waals surface area (Å²) in [7, 11) is 0. The minimum Gasteiger partial charge on any atom is -0.367 e. The van der Waals surface area contributed by atoms with Crippen LogP contribution < -0.4 is 0 Å². The molecule has 1 fully saturated rings. The summed E-state index contributed by atoms with van der Waals surface area (Å²) in [5.74, 6) is -0.577. The van der Waals surface area contributed by atoms with Crippen molar-refractivity contribution in [2.75, 3.05) is 26.2 Å². The lowest BCUT2D eigenvalue weighted by atomic mass is 10.0. The van der Waals surface area contributed by atoms with Crippen molar-refractivity contribution < 1.29 is 22.7 Å². The van der Waals surface area contributed by atoms with Crippen molar-refractivity contribution >= 4 is 17.1 Å². The van der Waals surface area contributed by atoms with Crippen molar-refractivity contribution in [2.24, 2.45) is 0 Å². The molecule has 0 aromatic carbocycles. The molecule has 1 unspecified atom stereocenters. The van der Waals surface area contributed by atoms with Gasteiger partial charge < -0.3 is 4.74 Å². The van der Waals surface area contributed by atoms with E-state index in [-0.39, 0.29) is 5.56 Å². The zero-order valence-corrected chi connectivity index (χ0v) is 11.2. The number of alkyl halides is 3. The fraction of sp³-hybridized carbons (Fsp3) is 0.583. The van der Waals surface area contributed by atoms with E-state index < -0.39 is 23.6 Å². The highest BCUT2D eigenvalue weighted by atomic mass is 32.1. The second-order valence-electron chi connectivity index (χ2n) is 4.31. The highest BCUT2D eigenvalue weighted by molar-refractivity contribution is 7.08. The highest BCUT2D eigenvalue weighted by Crippen LogP contribution is 2.35. The number of hydrogen-bond acceptors (Lipinski definition) is 4. The number of carbonyl (C=O) groups excluding carboxylic acids is 1. The third kappa shape index (κ3) is 3.16. The number of ketones is 1. The number of likely N-dealkylation sites (N-methyl/N-ethyl adjacent to an activating group) is 1. The molecule has 106 valence electrons. The predicted octanol–water partition coefficient (Wildman–Crippen LogP) is 2.67. The smallest absolute Gasteiger partial charge is 0.367 e. The van der Waals surface area contributed by atoms with E-state index in [1.807, 2.05) is 11.8 Å². The van der Waals surface area contributed by atoms with Gasteiger partial charge in [0.1, 0.15) is 6.10 Å². The second-order valence-corrected chi connectivity index (χ2v) is 5.06. The summed E-state index contributed by atoms with van der Waals surface area (Å²) >= 11 is 0.882. The molecule has 19 heavy (non-hydrogen) atoms. The first-order valence-electron chi connectivity index (χ1n) is 5.95. The van der Waals surface area contributed by atoms with Gasteiger partial charge in [0.25, 0.3) is 0 Å². The summed E-state index contributed by atoms with van der Waals surface area (Å²) in [6.45, 7) is 4.12. The largest absolute Gasteiger partial charge is 0.417 e. The van der Waals surface area contributed by atoms with E-state index in [9.17, 15) is 18.0 Å². The van der Waals surface area contributed by atoms with Crippen molar-refractivity contribution in [2.45, 2.75) is 19.2 Å². The molecule has 2 heterocycles. The lowest BCUT2D eigenvalue weighted by Gasteiger charge is -2.31. The van der Waals surface area contributed by atoms with Gasteiger partial charge in [-0.15, -0.1) is 0 Å². The van der Waals surface area contributed by atoms with Crippen molar-refractivity contribution in [3.05, 3.63) is 21.9 Å². The zero-order chi connectivity index (χ0) is 14.0. The molecule has 2 rings (SSSR count). The second kappa shape index (κ2) is 5.60. The fourth-order valence-electron chi connectivity index (χ4n) is 2.03. The first-order chi connectivity index (χ1) is 8.93. The molecule has 0 N–H and O–H groups in total. The summed E-state index contributed by atoms with van der Waals surface area (Å²) in [5, 5.41) is 2.22. The Morgan fingerprint density at radius 1 is 1.53 bits per heavy atom. The lowest BCUT2D eigenvalue weighted by Crippen LogP contribution is -2.46. The number of ether oxygens (including phenoxy) is 1. The number of hydrogen-bond donors (Lipinski definition) is 0. The van der Waals surface area contributed by atoms with Crippen LogP contribution in [0.15, 0.2) is 10.8 Å². The zero-order valence-electron chi connectivity index (χ0n) is 10.4. The van der Waals surface area contributed by atoms with Crippen molar-refractivity contribution in [1.29, 1.82) is 0 Å². The average molecular weight is 293 g/mol. The molecule has 0 radical (unpaired) electrons. The van der Waals surface area contributed by atoms with E-state index in [1.165, 1.54) is 5.38 Å². The Kier molecular flexibility index (Phi) is 4.27. The highest BCUT2D eigenvalue weighted by Gasteiger charge is 2.38. The molecule has 0 spiro atoms. The first kappa shape index (κ1) is 14.5. The third-order valence-electron chi connectivity index (χ3n) is 3.12. The Balaban J connectivity index is 2.18. The third-order valence-corrected chi connectivity index (χ3v) is 3.87. The number of thiophene rings is 1. The van der Waals surface area contributed by atoms with E-state index in [0.29, 0.717) is 19.7 Å². The van der Waals surface area contributed by atoms with E-state index in [4.69, 9.17) is 4.74 Å². The van der Waals surface area contributed by atoms with Crippen molar-refractivity contribution in [3.63, 3.8) is 0 Å². The summed E-state index contributed by atoms with van der Waals surface area (Å²) < 4.78 is 43.6. The number of rotatable bonds is 3. The van der Waals surface area contributed by atoms with Gasteiger partial charge in [-0.25, -0.2) is 0 Å². The van der Waals surface area contributed by atoms with Crippen LogP contribution in [0.4, 0.5) is 13.2 Å². The maximum absolute atomic E-state index is 12.8. The van der Waals surface area contributed by atoms with Gasteiger partial charge in [0.05, 0.1) is 12.2 Å². The predicted molar refractivity (Wildman–Crippen MR) is 65.5 cm³/mol. The molecular formula is C12H14F3NO2S. The average Bonchev–Trinajstić information content (AvgIpc) is 2.87. The number of halogens is 3. The van der Waals surface area contributed by atoms with Crippen LogP contribution in [0.2, 0.25) is 0 Å². The fourth-order valence-corrected chi connectivity index (χ4v) is 2.87. The molecule has 0 aliphatic carbocycles. The van der Waals surface area contributed by atoms with E-state index in [0.717, 1.165) is 23.3 Å². The Morgan fingerprint density at radius 3 is 2.89 bits per heavy atom. The molecule has 1 saturated heterocycles. The number of nitrogens with zero attached hydrogens (tertiary/aromatic N) is 1. The van der Waals surface area contributed by atoms with Crippen LogP contribution in [0.5, 0.6) is 0 Å². The summed E-state index contributed by atoms with van der Waals surface area (Å²) in [5.41, 5.74) is -1.14. The van der Waals surface area contributed by atoms with Gasteiger partial charge in [0.2, 0.25) is 0 Å². The van der Waals surface area contributed by atoms with Gasteiger partial charge in [0.15, 0.2) is 5.78 Å². The van der Waals surface area contributed by atoms with Gasteiger partial charge in [-0.1, -0.05) is 6.92 Å². The maximum atomic E-state index is 12.8. The molecule has 0 bridgehead atoms. The molecule has 1 aromatic rings. The quantitative estimate of drug-likeness (QED) is 0.803. The van der Waals surface area contributed by atoms with Crippen LogP contribution in [0, 0.1) is 0 Å². The topological polar surface area (TPSA) is 29.5 Å². The lowest BCUT2D eigenvalue weighted by molar-refractivity contribution is -0.137. The molecule has 0 amide bonds. The van der Waals surface area contributed by atoms with Gasteiger partial charge in [-0.2, -0.15) is 24.5 Å². The van der Waals surface area contributed by atoms with Crippen LogP contribution in [0.25, 0.3) is 0 Å². The SMILES string of the molecule is CCN1CCOC(C(=O)c2cscc2C(F)(F)F)C1. The molecule has 1 atom stereocenters. The molecule has 7 heteroatoms. The van der Waals surface area contributed by atoms with Gasteiger partial charge >= 0.3 is 6.18 Å². The Hall–Kier alpha value is -0.920. The van der Waals surface area contributed by atoms with Gasteiger partial charge in [0, 0.05) is 29.4 Å². The normalized spacial score (nSPS) is 21.6. The van der Waals surface area contributed by atoms with Gasteiger partial charge in [-0.3, -0.25) is 9.69 Å². The Morgan fingerprint density at radius 2 is 2.26 bits per heavy atom. The summed E-state index contributed by atoms with van der Waals surface area (Å²) in [6.07, 6.45) is -5.30. The van der Waals surface area contributed by atoms with Crippen LogP contribution in [0.3, 0.4) is 0 Å². The summed E-state index contributed by atoms with van der Waals surface area (Å²) in [6, 6.07) is 0. The van der Waals surface area contributed by atoms with Crippen LogP contribution >= 0.6 is 11.3 Å². The number of Topliss-reactive ketones (excluding diaryl/α,β-unsaturated/α-hetero) is 1. The van der Waals surface area contributed by atoms with Crippen LogP contribution in [0.1, 0.15) is 22.8 Å². The molecule has 3 nitrogen and oxygen atoms in total.